The van der Waals surface area contributed by atoms with E-state index >= 15 is 0 Å². The number of methoxy groups -OCH3 is 1. The van der Waals surface area contributed by atoms with Crippen LogP contribution in [0.5, 0.6) is 0 Å². The van der Waals surface area contributed by atoms with E-state index < -0.39 is 0 Å². The first-order valence-electron chi connectivity index (χ1n) is 8.18. The predicted molar refractivity (Wildman–Crippen MR) is 93.2 cm³/mol. The molecular formula is C19H25NO4. The highest BCUT2D eigenvalue weighted by atomic mass is 16.5. The summed E-state index contributed by atoms with van der Waals surface area (Å²) >= 11 is 0. The van der Waals surface area contributed by atoms with Gasteiger partial charge in [-0.25, -0.2) is 0 Å². The fourth-order valence-corrected chi connectivity index (χ4v) is 2.98. The van der Waals surface area contributed by atoms with Crippen molar-refractivity contribution in [1.82, 2.24) is 4.90 Å². The number of hydrogen-bond acceptors (Lipinski definition) is 4. The van der Waals surface area contributed by atoms with Crippen molar-refractivity contribution >= 4 is 22.8 Å². The average Bonchev–Trinajstić information content (AvgIpc) is 2.93. The minimum absolute atomic E-state index is 0.194. The van der Waals surface area contributed by atoms with Crippen LogP contribution in [0.15, 0.2) is 16.5 Å². The summed E-state index contributed by atoms with van der Waals surface area (Å²) < 4.78 is 10.7. The quantitative estimate of drug-likeness (QED) is 0.785. The third-order valence-corrected chi connectivity index (χ3v) is 4.44. The molecule has 1 aromatic carbocycles. The number of carbonyl (C=O) groups is 2. The lowest BCUT2D eigenvalue weighted by Gasteiger charge is -2.22. The maximum atomic E-state index is 12.9. The van der Waals surface area contributed by atoms with E-state index in [0.717, 1.165) is 27.7 Å². The van der Waals surface area contributed by atoms with Gasteiger partial charge in [0.1, 0.15) is 5.58 Å². The Morgan fingerprint density at radius 2 is 1.83 bits per heavy atom. The minimum Gasteiger partial charge on any atom is -0.469 e. The number of hydrogen-bond donors (Lipinski definition) is 0. The van der Waals surface area contributed by atoms with Crippen LogP contribution in [0.1, 0.15) is 41.1 Å². The zero-order valence-electron chi connectivity index (χ0n) is 15.2. The number of nitrogens with zero attached hydrogens (tertiary/aromatic N) is 1. The summed E-state index contributed by atoms with van der Waals surface area (Å²) in [6.45, 7) is 10.3. The molecule has 5 heteroatoms. The molecule has 1 unspecified atom stereocenters. The summed E-state index contributed by atoms with van der Waals surface area (Å²) in [6, 6.07) is 4.02. The molecule has 0 aliphatic carbocycles. The zero-order valence-corrected chi connectivity index (χ0v) is 15.2. The SMILES string of the molecule is CCN(CC(C)C(=O)OC)C(=O)c1oc2c(C)ccc(C)c2c1C. The molecule has 0 fully saturated rings. The first kappa shape index (κ1) is 18.0. The van der Waals surface area contributed by atoms with Gasteiger partial charge in [0.15, 0.2) is 5.76 Å². The Morgan fingerprint density at radius 1 is 1.21 bits per heavy atom. The number of benzene rings is 1. The molecule has 1 atom stereocenters. The first-order chi connectivity index (χ1) is 11.3. The summed E-state index contributed by atoms with van der Waals surface area (Å²) in [5.41, 5.74) is 3.69. The number of ether oxygens (including phenoxy) is 1. The van der Waals surface area contributed by atoms with Crippen molar-refractivity contribution in [2.75, 3.05) is 20.2 Å². The number of carbonyl (C=O) groups excluding carboxylic acids is 2. The molecule has 24 heavy (non-hydrogen) atoms. The predicted octanol–water partition coefficient (Wildman–Crippen LogP) is 3.63. The van der Waals surface area contributed by atoms with Crippen LogP contribution in [0.2, 0.25) is 0 Å². The first-order valence-corrected chi connectivity index (χ1v) is 8.18. The Morgan fingerprint density at radius 3 is 2.38 bits per heavy atom. The third-order valence-electron chi connectivity index (χ3n) is 4.44. The lowest BCUT2D eigenvalue weighted by Crippen LogP contribution is -2.37. The van der Waals surface area contributed by atoms with Gasteiger partial charge in [0.25, 0.3) is 5.91 Å². The van der Waals surface area contributed by atoms with E-state index in [0.29, 0.717) is 18.8 Å². The number of aryl methyl sites for hydroxylation is 3. The summed E-state index contributed by atoms with van der Waals surface area (Å²) in [7, 11) is 1.35. The summed E-state index contributed by atoms with van der Waals surface area (Å²) in [4.78, 5) is 26.2. The molecule has 0 radical (unpaired) electrons. The smallest absolute Gasteiger partial charge is 0.310 e. The van der Waals surface area contributed by atoms with Crippen molar-refractivity contribution < 1.29 is 18.7 Å². The molecular weight excluding hydrogens is 306 g/mol. The molecule has 0 bridgehead atoms. The van der Waals surface area contributed by atoms with Gasteiger partial charge in [-0.1, -0.05) is 19.1 Å². The van der Waals surface area contributed by atoms with Crippen LogP contribution >= 0.6 is 0 Å². The number of esters is 1. The van der Waals surface area contributed by atoms with Crippen LogP contribution in [0.3, 0.4) is 0 Å². The Kier molecular flexibility index (Phi) is 5.32. The molecule has 0 N–H and O–H groups in total. The summed E-state index contributed by atoms with van der Waals surface area (Å²) in [6.07, 6.45) is 0. The second-order valence-electron chi connectivity index (χ2n) is 6.23. The molecule has 2 aromatic rings. The summed E-state index contributed by atoms with van der Waals surface area (Å²) in [5, 5.41) is 0.996. The van der Waals surface area contributed by atoms with Gasteiger partial charge in [-0.2, -0.15) is 0 Å². The molecule has 0 aliphatic rings. The second-order valence-corrected chi connectivity index (χ2v) is 6.23. The van der Waals surface area contributed by atoms with Crippen molar-refractivity contribution in [1.29, 1.82) is 0 Å². The Bertz CT molecular complexity index is 775. The number of rotatable bonds is 5. The van der Waals surface area contributed by atoms with Gasteiger partial charge < -0.3 is 14.1 Å². The fourth-order valence-electron chi connectivity index (χ4n) is 2.98. The normalized spacial score (nSPS) is 12.2. The van der Waals surface area contributed by atoms with E-state index in [1.807, 2.05) is 39.8 Å². The Balaban J connectivity index is 2.39. The highest BCUT2D eigenvalue weighted by Gasteiger charge is 2.26. The molecule has 130 valence electrons. The molecule has 0 saturated carbocycles. The van der Waals surface area contributed by atoms with Gasteiger partial charge >= 0.3 is 5.97 Å². The van der Waals surface area contributed by atoms with Crippen molar-refractivity contribution in [2.45, 2.75) is 34.6 Å². The monoisotopic (exact) mass is 331 g/mol. The van der Waals surface area contributed by atoms with Crippen LogP contribution in [-0.2, 0) is 9.53 Å². The molecule has 2 rings (SSSR count). The molecule has 0 saturated heterocycles. The standard InChI is InChI=1S/C19H25NO4/c1-7-20(10-13(4)19(22)23-6)18(21)17-14(5)15-11(2)8-9-12(3)16(15)24-17/h8-9,13H,7,10H2,1-6H3. The van der Waals surface area contributed by atoms with E-state index in [1.165, 1.54) is 7.11 Å². The van der Waals surface area contributed by atoms with Gasteiger partial charge in [0.2, 0.25) is 0 Å². The maximum Gasteiger partial charge on any atom is 0.310 e. The Hall–Kier alpha value is -2.30. The molecule has 1 heterocycles. The lowest BCUT2D eigenvalue weighted by molar-refractivity contribution is -0.145. The lowest BCUT2D eigenvalue weighted by atomic mass is 10.0. The molecule has 0 spiro atoms. The van der Waals surface area contributed by atoms with Gasteiger partial charge in [-0.05, 0) is 38.8 Å². The van der Waals surface area contributed by atoms with E-state index in [-0.39, 0.29) is 17.8 Å². The van der Waals surface area contributed by atoms with Crippen LogP contribution in [-0.4, -0.2) is 37.0 Å². The number of fused-ring (bicyclic) bond motifs is 1. The van der Waals surface area contributed by atoms with Crippen LogP contribution in [0.4, 0.5) is 0 Å². The molecule has 5 nitrogen and oxygen atoms in total. The molecule has 0 aliphatic heterocycles. The topological polar surface area (TPSA) is 59.8 Å². The Labute approximate surface area is 142 Å². The van der Waals surface area contributed by atoms with E-state index in [9.17, 15) is 9.59 Å². The van der Waals surface area contributed by atoms with Crippen LogP contribution in [0, 0.1) is 26.7 Å². The third kappa shape index (κ3) is 3.16. The zero-order chi connectivity index (χ0) is 18.0. The van der Waals surface area contributed by atoms with Gasteiger partial charge in [0.05, 0.1) is 13.0 Å². The highest BCUT2D eigenvalue weighted by molar-refractivity contribution is 6.00. The van der Waals surface area contributed by atoms with Crippen molar-refractivity contribution in [3.63, 3.8) is 0 Å². The average molecular weight is 331 g/mol. The summed E-state index contributed by atoms with van der Waals surface area (Å²) in [5.74, 6) is -0.552. The minimum atomic E-state index is -0.382. The maximum absolute atomic E-state index is 12.9. The molecule has 1 aromatic heterocycles. The second kappa shape index (κ2) is 7.07. The van der Waals surface area contributed by atoms with E-state index in [1.54, 1.807) is 11.8 Å². The van der Waals surface area contributed by atoms with E-state index in [4.69, 9.17) is 9.15 Å². The van der Waals surface area contributed by atoms with Gasteiger partial charge in [-0.3, -0.25) is 9.59 Å². The van der Waals surface area contributed by atoms with Crippen LogP contribution < -0.4 is 0 Å². The number of furan rings is 1. The van der Waals surface area contributed by atoms with Crippen LogP contribution in [0.25, 0.3) is 11.0 Å². The molecule has 1 amide bonds. The van der Waals surface area contributed by atoms with Crippen molar-refractivity contribution in [3.8, 4) is 0 Å². The van der Waals surface area contributed by atoms with Crippen molar-refractivity contribution in [3.05, 3.63) is 34.6 Å². The number of amides is 1. The fraction of sp³-hybridized carbons (Fsp3) is 0.474. The van der Waals surface area contributed by atoms with E-state index in [2.05, 4.69) is 0 Å². The van der Waals surface area contributed by atoms with Gasteiger partial charge in [0, 0.05) is 24.0 Å². The highest BCUT2D eigenvalue weighted by Crippen LogP contribution is 2.31. The van der Waals surface area contributed by atoms with Crippen molar-refractivity contribution in [2.24, 2.45) is 5.92 Å². The van der Waals surface area contributed by atoms with Gasteiger partial charge in [-0.15, -0.1) is 0 Å². The largest absolute Gasteiger partial charge is 0.469 e.